The van der Waals surface area contributed by atoms with Crippen LogP contribution in [0.3, 0.4) is 0 Å². The van der Waals surface area contributed by atoms with E-state index in [4.69, 9.17) is 0 Å². The third-order valence-corrected chi connectivity index (χ3v) is 4.82. The highest BCUT2D eigenvalue weighted by molar-refractivity contribution is 6.11. The van der Waals surface area contributed by atoms with Gasteiger partial charge in [-0.2, -0.15) is 9.13 Å². The first kappa shape index (κ1) is 14.8. The van der Waals surface area contributed by atoms with Gasteiger partial charge in [0.2, 0.25) is 11.4 Å². The van der Waals surface area contributed by atoms with Crippen LogP contribution in [-0.2, 0) is 0 Å². The molecule has 0 fully saturated rings. The van der Waals surface area contributed by atoms with Crippen LogP contribution in [0.15, 0.2) is 110 Å². The van der Waals surface area contributed by atoms with Crippen molar-refractivity contribution >= 4 is 21.5 Å². The second-order valence-electron chi connectivity index (χ2n) is 6.35. The van der Waals surface area contributed by atoms with E-state index in [1.165, 1.54) is 32.9 Å². The molecule has 0 bridgehead atoms. The van der Waals surface area contributed by atoms with Gasteiger partial charge in [0.15, 0.2) is 24.8 Å². The number of hydrogen-bond acceptors (Lipinski definition) is 0. The zero-order chi connectivity index (χ0) is 17.3. The van der Waals surface area contributed by atoms with Crippen LogP contribution in [0.5, 0.6) is 0 Å². The molecule has 0 saturated carbocycles. The normalized spacial score (nSPS) is 11.1. The van der Waals surface area contributed by atoms with E-state index < -0.39 is 0 Å². The number of fused-ring (bicyclic) bond motifs is 2. The molecular weight excluding hydrogens is 316 g/mol. The SMILES string of the molecule is c1cc[n+](-c2c3ccccc3c(-[n+]3ccccc3)c3ccccc23)cc1. The first-order chi connectivity index (χ1) is 12.9. The highest BCUT2D eigenvalue weighted by Gasteiger charge is 2.24. The molecule has 26 heavy (non-hydrogen) atoms. The first-order valence-corrected chi connectivity index (χ1v) is 8.80. The fourth-order valence-electron chi connectivity index (χ4n) is 3.73. The van der Waals surface area contributed by atoms with Crippen LogP contribution >= 0.6 is 0 Å². The van der Waals surface area contributed by atoms with Gasteiger partial charge in [-0.25, -0.2) is 0 Å². The van der Waals surface area contributed by atoms with Crippen molar-refractivity contribution in [2.24, 2.45) is 0 Å². The molecule has 3 aromatic carbocycles. The number of pyridine rings is 2. The summed E-state index contributed by atoms with van der Waals surface area (Å²) in [6.07, 6.45) is 8.46. The average molecular weight is 334 g/mol. The second kappa shape index (κ2) is 6.08. The molecule has 0 amide bonds. The topological polar surface area (TPSA) is 7.76 Å². The van der Waals surface area contributed by atoms with E-state index >= 15 is 0 Å². The summed E-state index contributed by atoms with van der Waals surface area (Å²) < 4.78 is 4.42. The summed E-state index contributed by atoms with van der Waals surface area (Å²) in [5.74, 6) is 0. The lowest BCUT2D eigenvalue weighted by Gasteiger charge is -2.10. The Morgan fingerprint density at radius 1 is 0.346 bits per heavy atom. The van der Waals surface area contributed by atoms with Gasteiger partial charge >= 0.3 is 0 Å². The summed E-state index contributed by atoms with van der Waals surface area (Å²) in [4.78, 5) is 0. The Labute approximate surface area is 152 Å². The molecule has 0 spiro atoms. The molecule has 0 atom stereocenters. The highest BCUT2D eigenvalue weighted by Crippen LogP contribution is 2.33. The average Bonchev–Trinajstić information content (AvgIpc) is 2.73. The minimum Gasteiger partial charge on any atom is -0.166 e. The molecule has 0 saturated heterocycles. The van der Waals surface area contributed by atoms with Gasteiger partial charge in [0, 0.05) is 24.3 Å². The molecule has 0 unspecified atom stereocenters. The van der Waals surface area contributed by atoms with E-state index in [-0.39, 0.29) is 0 Å². The summed E-state index contributed by atoms with van der Waals surface area (Å²) in [5, 5.41) is 4.98. The molecule has 0 aliphatic carbocycles. The Balaban J connectivity index is 2.02. The van der Waals surface area contributed by atoms with Crippen LogP contribution in [0.2, 0.25) is 0 Å². The summed E-state index contributed by atoms with van der Waals surface area (Å²) in [5.41, 5.74) is 2.44. The molecule has 5 aromatic rings. The minimum atomic E-state index is 1.22. The number of aromatic nitrogens is 2. The smallest absolute Gasteiger partial charge is 0.166 e. The van der Waals surface area contributed by atoms with E-state index in [1.54, 1.807) is 0 Å². The second-order valence-corrected chi connectivity index (χ2v) is 6.35. The lowest BCUT2D eigenvalue weighted by Crippen LogP contribution is -2.33. The number of rotatable bonds is 2. The maximum absolute atomic E-state index is 2.21. The maximum atomic E-state index is 2.21. The lowest BCUT2D eigenvalue weighted by atomic mass is 9.98. The monoisotopic (exact) mass is 334 g/mol. The van der Waals surface area contributed by atoms with Crippen LogP contribution in [0.25, 0.3) is 32.9 Å². The number of hydrogen-bond donors (Lipinski definition) is 0. The van der Waals surface area contributed by atoms with Crippen LogP contribution in [0.4, 0.5) is 0 Å². The van der Waals surface area contributed by atoms with Crippen molar-refractivity contribution in [2.45, 2.75) is 0 Å². The third-order valence-electron chi connectivity index (χ3n) is 4.82. The van der Waals surface area contributed by atoms with Crippen molar-refractivity contribution in [3.05, 3.63) is 110 Å². The van der Waals surface area contributed by atoms with Crippen LogP contribution in [0, 0.1) is 0 Å². The predicted molar refractivity (Wildman–Crippen MR) is 105 cm³/mol. The molecule has 2 nitrogen and oxygen atoms in total. The van der Waals surface area contributed by atoms with Crippen molar-refractivity contribution in [3.8, 4) is 11.4 Å². The molecular formula is C24H18N2+2. The summed E-state index contributed by atoms with van der Waals surface area (Å²) in [6.45, 7) is 0. The Hall–Kier alpha value is -3.52. The standard InChI is InChI=1S/C24H18N2/c1-7-15-25(16-8-1)23-19-11-3-5-13-21(19)24(26-17-9-2-10-18-26)22-14-6-4-12-20(22)23/h1-18H/q+2. The summed E-state index contributed by atoms with van der Waals surface area (Å²) in [6, 6.07) is 29.7. The van der Waals surface area contributed by atoms with Gasteiger partial charge in [-0.05, 0) is 24.3 Å². The first-order valence-electron chi connectivity index (χ1n) is 8.80. The minimum absolute atomic E-state index is 1.22. The van der Waals surface area contributed by atoms with Crippen molar-refractivity contribution in [3.63, 3.8) is 0 Å². The maximum Gasteiger partial charge on any atom is 0.226 e. The quantitative estimate of drug-likeness (QED) is 0.331. The van der Waals surface area contributed by atoms with Gasteiger partial charge in [0.1, 0.15) is 0 Å². The van der Waals surface area contributed by atoms with Crippen molar-refractivity contribution in [1.82, 2.24) is 0 Å². The fraction of sp³-hybridized carbons (Fsp3) is 0. The molecule has 0 aliphatic heterocycles. The van der Waals surface area contributed by atoms with E-state index in [0.717, 1.165) is 0 Å². The Morgan fingerprint density at radius 3 is 0.962 bits per heavy atom. The molecule has 122 valence electrons. The van der Waals surface area contributed by atoms with Crippen LogP contribution < -0.4 is 9.13 Å². The largest absolute Gasteiger partial charge is 0.226 e. The van der Waals surface area contributed by atoms with Gasteiger partial charge in [-0.3, -0.25) is 0 Å². The Kier molecular flexibility index (Phi) is 3.46. The zero-order valence-electron chi connectivity index (χ0n) is 14.3. The molecule has 0 radical (unpaired) electrons. The van der Waals surface area contributed by atoms with Gasteiger partial charge in [0.05, 0.1) is 21.5 Å². The molecule has 2 heterocycles. The molecule has 0 N–H and O–H groups in total. The third kappa shape index (κ3) is 2.27. The summed E-state index contributed by atoms with van der Waals surface area (Å²) >= 11 is 0. The van der Waals surface area contributed by atoms with Gasteiger partial charge in [-0.15, -0.1) is 0 Å². The van der Waals surface area contributed by atoms with Gasteiger partial charge in [-0.1, -0.05) is 36.4 Å². The Morgan fingerprint density at radius 2 is 0.654 bits per heavy atom. The van der Waals surface area contributed by atoms with Crippen LogP contribution in [-0.4, -0.2) is 0 Å². The molecule has 0 aliphatic rings. The van der Waals surface area contributed by atoms with Crippen LogP contribution in [0.1, 0.15) is 0 Å². The van der Waals surface area contributed by atoms with Gasteiger partial charge in [0.25, 0.3) is 0 Å². The summed E-state index contributed by atoms with van der Waals surface area (Å²) in [7, 11) is 0. The van der Waals surface area contributed by atoms with Crippen molar-refractivity contribution in [2.75, 3.05) is 0 Å². The molecule has 5 rings (SSSR count). The number of nitrogens with zero attached hydrogens (tertiary/aromatic N) is 2. The molecule has 2 heteroatoms. The van der Waals surface area contributed by atoms with E-state index in [1.807, 2.05) is 0 Å². The lowest BCUT2D eigenvalue weighted by molar-refractivity contribution is -0.595. The van der Waals surface area contributed by atoms with Gasteiger partial charge < -0.3 is 0 Å². The molecule has 2 aromatic heterocycles. The van der Waals surface area contributed by atoms with Crippen molar-refractivity contribution in [1.29, 1.82) is 0 Å². The van der Waals surface area contributed by atoms with Crippen molar-refractivity contribution < 1.29 is 9.13 Å². The Bertz CT molecular complexity index is 1060. The van der Waals surface area contributed by atoms with E-state index in [2.05, 4.69) is 119 Å². The number of benzene rings is 3. The van der Waals surface area contributed by atoms with E-state index in [9.17, 15) is 0 Å². The fourth-order valence-corrected chi connectivity index (χ4v) is 3.73. The predicted octanol–water partition coefficient (Wildman–Crippen LogP) is 4.55. The van der Waals surface area contributed by atoms with E-state index in [0.29, 0.717) is 0 Å². The highest BCUT2D eigenvalue weighted by atomic mass is 15.0. The zero-order valence-corrected chi connectivity index (χ0v) is 14.3.